The first-order valence-corrected chi connectivity index (χ1v) is 7.27. The molecule has 5 nitrogen and oxygen atoms in total. The van der Waals surface area contributed by atoms with Crippen LogP contribution in [0.4, 0.5) is 4.79 Å². The fourth-order valence-corrected chi connectivity index (χ4v) is 2.12. The van der Waals surface area contributed by atoms with Crippen molar-refractivity contribution in [3.05, 3.63) is 35.9 Å². The number of benzene rings is 1. The average molecular weight is 291 g/mol. The molecule has 1 aromatic carbocycles. The maximum Gasteiger partial charge on any atom is 0.332 e. The Hall–Kier alpha value is -1.88. The third-order valence-corrected chi connectivity index (χ3v) is 3.32. The minimum absolute atomic E-state index is 0.0293. The summed E-state index contributed by atoms with van der Waals surface area (Å²) < 4.78 is 0. The highest BCUT2D eigenvalue weighted by Crippen LogP contribution is 2.08. The van der Waals surface area contributed by atoms with Crippen molar-refractivity contribution in [1.29, 1.82) is 0 Å². The molecule has 0 radical (unpaired) electrons. The van der Waals surface area contributed by atoms with Gasteiger partial charge in [-0.15, -0.1) is 0 Å². The van der Waals surface area contributed by atoms with Crippen molar-refractivity contribution in [2.75, 3.05) is 13.6 Å². The highest BCUT2D eigenvalue weighted by atomic mass is 16.2. The minimum atomic E-state index is -0.183. The van der Waals surface area contributed by atoms with Crippen LogP contribution in [0.3, 0.4) is 0 Å². The second-order valence-corrected chi connectivity index (χ2v) is 5.26. The van der Waals surface area contributed by atoms with Crippen LogP contribution < -0.4 is 5.32 Å². The number of carbonyl (C=O) groups excluding carboxylic acids is 2. The molecular weight excluding hydrogens is 266 g/mol. The van der Waals surface area contributed by atoms with Crippen LogP contribution in [-0.4, -0.2) is 41.5 Å². The van der Waals surface area contributed by atoms with Crippen LogP contribution in [0.1, 0.15) is 32.8 Å². The number of nitrogens with one attached hydrogen (secondary N) is 1. The van der Waals surface area contributed by atoms with E-state index in [1.165, 1.54) is 6.92 Å². The van der Waals surface area contributed by atoms with Crippen molar-refractivity contribution in [2.24, 2.45) is 0 Å². The Morgan fingerprint density at radius 1 is 1.24 bits per heavy atom. The number of urea groups is 1. The lowest BCUT2D eigenvalue weighted by Crippen LogP contribution is -2.54. The molecule has 1 unspecified atom stereocenters. The second kappa shape index (κ2) is 8.42. The number of nitrogens with zero attached hydrogens (tertiary/aromatic N) is 2. The molecule has 5 heteroatoms. The van der Waals surface area contributed by atoms with E-state index in [9.17, 15) is 9.59 Å². The highest BCUT2D eigenvalue weighted by Gasteiger charge is 2.23. The topological polar surface area (TPSA) is 52.7 Å². The third kappa shape index (κ3) is 5.55. The summed E-state index contributed by atoms with van der Waals surface area (Å²) in [6.07, 6.45) is 0.820. The zero-order valence-corrected chi connectivity index (χ0v) is 13.3. The van der Waals surface area contributed by atoms with Crippen LogP contribution in [-0.2, 0) is 11.3 Å². The van der Waals surface area contributed by atoms with E-state index < -0.39 is 0 Å². The van der Waals surface area contributed by atoms with E-state index in [-0.39, 0.29) is 24.4 Å². The smallest absolute Gasteiger partial charge is 0.332 e. The number of hydrogen-bond donors (Lipinski definition) is 1. The summed E-state index contributed by atoms with van der Waals surface area (Å²) in [6, 6.07) is 9.60. The van der Waals surface area contributed by atoms with E-state index in [1.54, 1.807) is 17.1 Å². The number of rotatable bonds is 7. The van der Waals surface area contributed by atoms with Gasteiger partial charge in [-0.25, -0.2) is 9.80 Å². The molecular formula is C16H25N3O2. The normalized spacial score (nSPS) is 12.0. The average Bonchev–Trinajstić information content (AvgIpc) is 2.45. The maximum absolute atomic E-state index is 12.4. The first-order chi connectivity index (χ1) is 9.95. The van der Waals surface area contributed by atoms with E-state index in [0.717, 1.165) is 12.0 Å². The van der Waals surface area contributed by atoms with Gasteiger partial charge in [0.15, 0.2) is 0 Å². The molecule has 0 saturated carbocycles. The fraction of sp³-hybridized carbons (Fsp3) is 0.500. The van der Waals surface area contributed by atoms with Gasteiger partial charge < -0.3 is 5.32 Å². The van der Waals surface area contributed by atoms with Crippen LogP contribution in [0.2, 0.25) is 0 Å². The third-order valence-electron chi connectivity index (χ3n) is 3.32. The predicted molar refractivity (Wildman–Crippen MR) is 83.6 cm³/mol. The Morgan fingerprint density at radius 3 is 2.38 bits per heavy atom. The van der Waals surface area contributed by atoms with Gasteiger partial charge in [-0.05, 0) is 25.8 Å². The van der Waals surface area contributed by atoms with E-state index >= 15 is 0 Å². The van der Waals surface area contributed by atoms with Crippen LogP contribution in [0, 0.1) is 0 Å². The Balaban J connectivity index is 2.69. The largest absolute Gasteiger partial charge is 0.333 e. The molecule has 0 bridgehead atoms. The van der Waals surface area contributed by atoms with Gasteiger partial charge >= 0.3 is 6.03 Å². The van der Waals surface area contributed by atoms with Gasteiger partial charge in [0.25, 0.3) is 0 Å². The molecule has 0 spiro atoms. The lowest BCUT2D eigenvalue weighted by atomic mass is 10.2. The molecule has 116 valence electrons. The Labute approximate surface area is 126 Å². The lowest BCUT2D eigenvalue weighted by Gasteiger charge is -2.35. The molecule has 0 heterocycles. The molecule has 0 aliphatic carbocycles. The number of carbonyl (C=O) groups is 2. The standard InChI is InChI=1S/C16H25N3O2/c1-5-13(2)19(18(4)12-14(3)20)16(21)17-11-15-9-7-6-8-10-15/h6-10,13H,5,11-12H2,1-4H3,(H,17,21). The quantitative estimate of drug-likeness (QED) is 0.785. The fourth-order valence-electron chi connectivity index (χ4n) is 2.12. The second-order valence-electron chi connectivity index (χ2n) is 5.26. The van der Waals surface area contributed by atoms with E-state index in [4.69, 9.17) is 0 Å². The van der Waals surface area contributed by atoms with Crippen molar-refractivity contribution in [1.82, 2.24) is 15.3 Å². The number of likely N-dealkylation sites (N-methyl/N-ethyl adjacent to an activating group) is 1. The zero-order valence-electron chi connectivity index (χ0n) is 13.3. The van der Waals surface area contributed by atoms with Crippen molar-refractivity contribution >= 4 is 11.8 Å². The predicted octanol–water partition coefficient (Wildman–Crippen LogP) is 2.43. The highest BCUT2D eigenvalue weighted by molar-refractivity contribution is 5.79. The number of Topliss-reactive ketones (excluding diaryl/α,β-unsaturated/α-hetero) is 1. The number of hydrogen-bond acceptors (Lipinski definition) is 3. The lowest BCUT2D eigenvalue weighted by molar-refractivity contribution is -0.121. The Bertz CT molecular complexity index is 462. The van der Waals surface area contributed by atoms with E-state index in [1.807, 2.05) is 44.2 Å². The summed E-state index contributed by atoms with van der Waals surface area (Å²) in [5.74, 6) is 0.0293. The molecule has 0 saturated heterocycles. The molecule has 21 heavy (non-hydrogen) atoms. The van der Waals surface area contributed by atoms with Crippen molar-refractivity contribution in [3.63, 3.8) is 0 Å². The summed E-state index contributed by atoms with van der Waals surface area (Å²) in [5.41, 5.74) is 1.05. The van der Waals surface area contributed by atoms with Crippen LogP contribution >= 0.6 is 0 Å². The van der Waals surface area contributed by atoms with Crippen LogP contribution in [0.15, 0.2) is 30.3 Å². The van der Waals surface area contributed by atoms with Crippen LogP contribution in [0.5, 0.6) is 0 Å². The molecule has 0 aromatic heterocycles. The Morgan fingerprint density at radius 2 is 1.86 bits per heavy atom. The van der Waals surface area contributed by atoms with Gasteiger partial charge in [0.1, 0.15) is 5.78 Å². The van der Waals surface area contributed by atoms with Gasteiger partial charge in [0.05, 0.1) is 6.54 Å². The monoisotopic (exact) mass is 291 g/mol. The zero-order chi connectivity index (χ0) is 15.8. The molecule has 1 N–H and O–H groups in total. The van der Waals surface area contributed by atoms with E-state index in [2.05, 4.69) is 5.32 Å². The molecule has 1 aromatic rings. The van der Waals surface area contributed by atoms with Crippen molar-refractivity contribution < 1.29 is 9.59 Å². The van der Waals surface area contributed by atoms with Gasteiger partial charge in [-0.2, -0.15) is 0 Å². The maximum atomic E-state index is 12.4. The molecule has 0 aliphatic rings. The number of amides is 2. The summed E-state index contributed by atoms with van der Waals surface area (Å²) in [6.45, 7) is 6.21. The molecule has 0 aliphatic heterocycles. The van der Waals surface area contributed by atoms with Crippen molar-refractivity contribution in [2.45, 2.75) is 39.8 Å². The Kier molecular flexibility index (Phi) is 6.88. The SMILES string of the molecule is CCC(C)N(C(=O)NCc1ccccc1)N(C)CC(C)=O. The van der Waals surface area contributed by atoms with E-state index in [0.29, 0.717) is 6.54 Å². The summed E-state index contributed by atoms with van der Waals surface area (Å²) in [5, 5.41) is 6.20. The number of ketones is 1. The van der Waals surface area contributed by atoms with Gasteiger partial charge in [0, 0.05) is 19.6 Å². The first kappa shape index (κ1) is 17.2. The van der Waals surface area contributed by atoms with Crippen molar-refractivity contribution in [3.8, 4) is 0 Å². The summed E-state index contributed by atoms with van der Waals surface area (Å²) >= 11 is 0. The van der Waals surface area contributed by atoms with Gasteiger partial charge in [0.2, 0.25) is 0 Å². The summed E-state index contributed by atoms with van der Waals surface area (Å²) in [4.78, 5) is 23.7. The van der Waals surface area contributed by atoms with Gasteiger partial charge in [-0.1, -0.05) is 37.3 Å². The molecule has 2 amide bonds. The molecule has 0 fully saturated rings. The molecule has 1 atom stereocenters. The molecule has 1 rings (SSSR count). The van der Waals surface area contributed by atoms with Gasteiger partial charge in [-0.3, -0.25) is 9.80 Å². The minimum Gasteiger partial charge on any atom is -0.333 e. The van der Waals surface area contributed by atoms with Crippen LogP contribution in [0.25, 0.3) is 0 Å². The first-order valence-electron chi connectivity index (χ1n) is 7.27. The number of hydrazine groups is 1. The summed E-state index contributed by atoms with van der Waals surface area (Å²) in [7, 11) is 1.76.